The number of nitrogens with one attached hydrogen (secondary N) is 5. The highest BCUT2D eigenvalue weighted by Crippen LogP contribution is 2.65. The minimum absolute atomic E-state index is 0.0680. The molecule has 1 heterocycles. The lowest BCUT2D eigenvalue weighted by Gasteiger charge is -2.43. The number of likely N-dealkylation sites (tertiary alicyclic amines) is 1. The van der Waals surface area contributed by atoms with Crippen molar-refractivity contribution in [2.24, 2.45) is 28.1 Å². The number of carbonyl (C=O) groups excluding carboxylic acids is 6. The minimum Gasteiger partial charge on any atom is -0.447 e. The molecule has 0 aromatic carbocycles. The van der Waals surface area contributed by atoms with Crippen LogP contribution in [0.5, 0.6) is 0 Å². The van der Waals surface area contributed by atoms with Crippen LogP contribution in [0.1, 0.15) is 107 Å². The Labute approximate surface area is 298 Å². The van der Waals surface area contributed by atoms with Gasteiger partial charge < -0.3 is 36.2 Å². The average molecular weight is 703 g/mol. The van der Waals surface area contributed by atoms with Crippen molar-refractivity contribution in [3.05, 3.63) is 12.7 Å². The summed E-state index contributed by atoms with van der Waals surface area (Å²) in [5.74, 6) is -2.41. The van der Waals surface area contributed by atoms with Crippen LogP contribution >= 0.6 is 0 Å². The molecular weight excluding hydrogens is 640 g/mol. The molecule has 2 aliphatic carbocycles. The van der Waals surface area contributed by atoms with E-state index >= 15 is 0 Å². The smallest absolute Gasteiger partial charge is 0.407 e. The molecule has 2 saturated carbocycles. The number of urea groups is 1. The molecule has 1 unspecified atom stereocenters. The van der Waals surface area contributed by atoms with Crippen LogP contribution in [-0.4, -0.2) is 90.4 Å². The van der Waals surface area contributed by atoms with E-state index in [9.17, 15) is 28.8 Å². The van der Waals surface area contributed by atoms with Crippen LogP contribution in [0.15, 0.2) is 12.7 Å². The quantitative estimate of drug-likeness (QED) is 0.127. The van der Waals surface area contributed by atoms with Crippen LogP contribution in [0.3, 0.4) is 0 Å². The van der Waals surface area contributed by atoms with Crippen molar-refractivity contribution in [3.8, 4) is 0 Å². The third-order valence-corrected chi connectivity index (χ3v) is 11.0. The summed E-state index contributed by atoms with van der Waals surface area (Å²) in [5.41, 5.74) is -1.24. The highest BCUT2D eigenvalue weighted by atomic mass is 16.5. The van der Waals surface area contributed by atoms with Gasteiger partial charge in [0.05, 0.1) is 12.1 Å². The Balaban J connectivity index is 1.87. The van der Waals surface area contributed by atoms with Crippen LogP contribution in [-0.2, 0) is 23.9 Å². The Hall–Kier alpha value is -3.64. The number of hydrogen-bond acceptors (Lipinski definition) is 7. The summed E-state index contributed by atoms with van der Waals surface area (Å²) in [4.78, 5) is 82.0. The second kappa shape index (κ2) is 16.6. The van der Waals surface area contributed by atoms with Gasteiger partial charge in [0.2, 0.25) is 17.6 Å². The molecule has 0 aromatic rings. The molecule has 3 aliphatic rings. The van der Waals surface area contributed by atoms with Gasteiger partial charge in [0.15, 0.2) is 0 Å². The number of ether oxygens (including phenoxy) is 1. The van der Waals surface area contributed by atoms with Gasteiger partial charge in [0, 0.05) is 19.1 Å². The largest absolute Gasteiger partial charge is 0.447 e. The van der Waals surface area contributed by atoms with Crippen LogP contribution < -0.4 is 26.6 Å². The maximum Gasteiger partial charge on any atom is 0.407 e. The standard InChI is InChI=1S/C37H62N6O7/c1-11-16-24(28(44)31(46)38-19-12-2)40-30(45)27-26-23(36(26,8)9)20-43(27)32(47)29(37(10)17-14-13-15-18-37)42-33(48)41-25(35(5,6)7)21-50-34(49)39-22(3)4/h12,22-27,29H,2,11,13-21H2,1,3-10H3,(H,38,46)(H,39,49)(H,40,45)(H2,41,42,48)/t23-,24?,25+,26-,27-,29+/m0/s1. The first-order valence-corrected chi connectivity index (χ1v) is 18.3. The van der Waals surface area contributed by atoms with Crippen molar-refractivity contribution in [2.45, 2.75) is 137 Å². The number of rotatable bonds is 15. The van der Waals surface area contributed by atoms with Crippen LogP contribution in [0.2, 0.25) is 0 Å². The zero-order chi connectivity index (χ0) is 37.6. The number of hydrogen-bond donors (Lipinski definition) is 5. The average Bonchev–Trinajstić information content (AvgIpc) is 3.33. The first kappa shape index (κ1) is 40.8. The SMILES string of the molecule is C=CCNC(=O)C(=O)C(CCC)NC(=O)[C@@H]1[C@@H]2[C@H](CN1C(=O)[C@@H](NC(=O)N[C@H](COC(=O)NC(C)C)C(C)(C)C)C1(C)CCCCC1)C2(C)C. The monoisotopic (exact) mass is 702 g/mol. The molecule has 6 atom stereocenters. The van der Waals surface area contributed by atoms with E-state index in [4.69, 9.17) is 4.74 Å². The van der Waals surface area contributed by atoms with Gasteiger partial charge in [-0.05, 0) is 61.2 Å². The summed E-state index contributed by atoms with van der Waals surface area (Å²) < 4.78 is 5.42. The van der Waals surface area contributed by atoms with Gasteiger partial charge in [0.1, 0.15) is 18.7 Å². The van der Waals surface area contributed by atoms with E-state index in [2.05, 4.69) is 47.0 Å². The van der Waals surface area contributed by atoms with Gasteiger partial charge in [-0.2, -0.15) is 0 Å². The van der Waals surface area contributed by atoms with Crippen molar-refractivity contribution in [1.82, 2.24) is 31.5 Å². The molecule has 0 aromatic heterocycles. The fourth-order valence-electron chi connectivity index (χ4n) is 7.66. The van der Waals surface area contributed by atoms with Gasteiger partial charge in [-0.1, -0.05) is 80.2 Å². The maximum absolute atomic E-state index is 14.7. The summed E-state index contributed by atoms with van der Waals surface area (Å²) in [6, 6.07) is -4.06. The highest BCUT2D eigenvalue weighted by Gasteiger charge is 2.70. The second-order valence-corrected chi connectivity index (χ2v) is 16.7. The lowest BCUT2D eigenvalue weighted by Crippen LogP contribution is -2.63. The van der Waals surface area contributed by atoms with Crippen molar-refractivity contribution < 1.29 is 33.5 Å². The molecule has 13 nitrogen and oxygen atoms in total. The second-order valence-electron chi connectivity index (χ2n) is 16.7. The van der Waals surface area contributed by atoms with E-state index in [1.165, 1.54) is 6.08 Å². The topological polar surface area (TPSA) is 175 Å². The van der Waals surface area contributed by atoms with Crippen LogP contribution in [0, 0.1) is 28.1 Å². The number of amides is 6. The van der Waals surface area contributed by atoms with Gasteiger partial charge in [-0.3, -0.25) is 19.2 Å². The van der Waals surface area contributed by atoms with E-state index in [-0.39, 0.29) is 48.8 Å². The Morgan fingerprint density at radius 1 is 0.960 bits per heavy atom. The summed E-state index contributed by atoms with van der Waals surface area (Å²) in [5, 5.41) is 14.0. The Morgan fingerprint density at radius 2 is 1.60 bits per heavy atom. The first-order valence-electron chi connectivity index (χ1n) is 18.3. The molecule has 3 fully saturated rings. The van der Waals surface area contributed by atoms with E-state index in [0.717, 1.165) is 32.1 Å². The van der Waals surface area contributed by atoms with Crippen molar-refractivity contribution in [1.29, 1.82) is 0 Å². The number of ketones is 1. The Bertz CT molecular complexity index is 1290. The van der Waals surface area contributed by atoms with E-state index < -0.39 is 64.7 Å². The van der Waals surface area contributed by atoms with Crippen molar-refractivity contribution in [2.75, 3.05) is 19.7 Å². The fourth-order valence-corrected chi connectivity index (χ4v) is 7.66. The van der Waals surface area contributed by atoms with Crippen molar-refractivity contribution in [3.63, 3.8) is 0 Å². The molecule has 282 valence electrons. The molecule has 0 radical (unpaired) electrons. The fraction of sp³-hybridized carbons (Fsp3) is 0.784. The summed E-state index contributed by atoms with van der Waals surface area (Å²) in [7, 11) is 0. The van der Waals surface area contributed by atoms with Gasteiger partial charge >= 0.3 is 12.1 Å². The van der Waals surface area contributed by atoms with Gasteiger partial charge in [0.25, 0.3) is 5.91 Å². The Morgan fingerprint density at radius 3 is 2.16 bits per heavy atom. The number of piperidine rings is 1. The predicted molar refractivity (Wildman–Crippen MR) is 191 cm³/mol. The molecule has 13 heteroatoms. The predicted octanol–water partition coefficient (Wildman–Crippen LogP) is 3.81. The molecule has 1 saturated heterocycles. The third-order valence-electron chi connectivity index (χ3n) is 11.0. The molecule has 0 spiro atoms. The normalized spacial score (nSPS) is 23.7. The van der Waals surface area contributed by atoms with Gasteiger partial charge in [-0.25, -0.2) is 9.59 Å². The summed E-state index contributed by atoms with van der Waals surface area (Å²) >= 11 is 0. The lowest BCUT2D eigenvalue weighted by atomic mass is 9.70. The lowest BCUT2D eigenvalue weighted by molar-refractivity contribution is -0.146. The molecule has 0 bridgehead atoms. The number of nitrogens with zero attached hydrogens (tertiary/aromatic N) is 1. The van der Waals surface area contributed by atoms with E-state index in [0.29, 0.717) is 13.0 Å². The molecule has 6 amide bonds. The Kier molecular flexibility index (Phi) is 13.5. The highest BCUT2D eigenvalue weighted by molar-refractivity contribution is 6.38. The third kappa shape index (κ3) is 9.78. The summed E-state index contributed by atoms with van der Waals surface area (Å²) in [6.07, 6.45) is 6.00. The van der Waals surface area contributed by atoms with Gasteiger partial charge in [-0.15, -0.1) is 6.58 Å². The van der Waals surface area contributed by atoms with Crippen LogP contribution in [0.4, 0.5) is 9.59 Å². The van der Waals surface area contributed by atoms with E-state index in [1.54, 1.807) is 4.90 Å². The summed E-state index contributed by atoms with van der Waals surface area (Å²) in [6.45, 7) is 21.4. The maximum atomic E-state index is 14.7. The number of alkyl carbamates (subject to hydrolysis) is 1. The van der Waals surface area contributed by atoms with Crippen LogP contribution in [0.25, 0.3) is 0 Å². The zero-order valence-corrected chi connectivity index (χ0v) is 31.7. The molecule has 50 heavy (non-hydrogen) atoms. The molecule has 1 aliphatic heterocycles. The van der Waals surface area contributed by atoms with Crippen molar-refractivity contribution >= 4 is 35.6 Å². The van der Waals surface area contributed by atoms with E-state index in [1.807, 2.05) is 48.5 Å². The number of fused-ring (bicyclic) bond motifs is 1. The number of carbonyl (C=O) groups is 6. The first-order chi connectivity index (χ1) is 23.3. The number of Topliss-reactive ketones (excluding diaryl/α,β-unsaturated/α-hetero) is 1. The minimum atomic E-state index is -1.04. The molecule has 3 rings (SSSR count). The molecule has 5 N–H and O–H groups in total. The molecular formula is C37H62N6O7. The zero-order valence-electron chi connectivity index (χ0n) is 31.7.